The van der Waals surface area contributed by atoms with E-state index in [9.17, 15) is 21.6 Å². The molecule has 0 atom stereocenters. The lowest BCUT2D eigenvalue weighted by Gasteiger charge is -2.32. The molecule has 1 fully saturated rings. The van der Waals surface area contributed by atoms with Gasteiger partial charge >= 0.3 is 15.5 Å². The number of anilines is 1. The molecule has 0 bridgehead atoms. The van der Waals surface area contributed by atoms with Crippen LogP contribution in [0.3, 0.4) is 0 Å². The lowest BCUT2D eigenvalue weighted by Crippen LogP contribution is -2.47. The molecule has 76 heavy (non-hydrogen) atoms. The highest BCUT2D eigenvalue weighted by Gasteiger charge is 2.50. The second kappa shape index (κ2) is 36.6. The zero-order chi connectivity index (χ0) is 54.1. The summed E-state index contributed by atoms with van der Waals surface area (Å²) < 4.78 is 132. The molecule has 1 N–H and O–H groups in total. The van der Waals surface area contributed by atoms with E-state index in [0.29, 0.717) is 164 Å². The summed E-state index contributed by atoms with van der Waals surface area (Å²) in [5.74, 6) is 0.0927. The number of benzene rings is 3. The van der Waals surface area contributed by atoms with Crippen LogP contribution in [0.5, 0.6) is 5.88 Å². The molecule has 1 aliphatic heterocycles. The molecule has 0 spiro atoms. The largest absolute Gasteiger partial charge is 0.511 e. The van der Waals surface area contributed by atoms with Gasteiger partial charge in [-0.3, -0.25) is 0 Å². The van der Waals surface area contributed by atoms with E-state index in [0.717, 1.165) is 35.1 Å². The molecule has 1 saturated heterocycles. The highest BCUT2D eigenvalue weighted by Crippen LogP contribution is 2.38. The average Bonchev–Trinajstić information content (AvgIpc) is 3.41. The van der Waals surface area contributed by atoms with Gasteiger partial charge in [0.25, 0.3) is 0 Å². The zero-order valence-electron chi connectivity index (χ0n) is 43.3. The van der Waals surface area contributed by atoms with Crippen molar-refractivity contribution in [2.75, 3.05) is 170 Å². The average molecular weight is 1140 g/mol. The monoisotopic (exact) mass is 1140 g/mol. The van der Waals surface area contributed by atoms with Gasteiger partial charge in [0.15, 0.2) is 0 Å². The topological polar surface area (TPSA) is 173 Å². The second-order valence-corrected chi connectivity index (χ2v) is 20.0. The first-order valence-electron chi connectivity index (χ1n) is 25.7. The van der Waals surface area contributed by atoms with Gasteiger partial charge in [0.1, 0.15) is 6.61 Å². The number of hydrogen-bond acceptors (Lipinski definition) is 16. The third-order valence-electron chi connectivity index (χ3n) is 11.5. The summed E-state index contributed by atoms with van der Waals surface area (Å²) in [5.41, 5.74) is -1.21. The Morgan fingerprint density at radius 2 is 0.895 bits per heavy atom. The number of nitrogens with one attached hydrogen (secondary N) is 1. The van der Waals surface area contributed by atoms with Crippen molar-refractivity contribution in [2.24, 2.45) is 0 Å². The maximum atomic E-state index is 13.3. The number of halogens is 5. The molecule has 0 saturated carbocycles. The first-order chi connectivity index (χ1) is 37.0. The number of ether oxygens (including phenoxy) is 12. The van der Waals surface area contributed by atoms with E-state index in [1.54, 1.807) is 6.07 Å². The van der Waals surface area contributed by atoms with Crippen LogP contribution in [0.25, 0.3) is 10.9 Å². The van der Waals surface area contributed by atoms with Gasteiger partial charge in [-0.05, 0) is 72.4 Å². The highest BCUT2D eigenvalue weighted by molar-refractivity contribution is 7.90. The summed E-state index contributed by atoms with van der Waals surface area (Å²) >= 11 is 12.5. The maximum Gasteiger partial charge on any atom is 0.511 e. The van der Waals surface area contributed by atoms with Gasteiger partial charge < -0.3 is 62.2 Å². The maximum absolute atomic E-state index is 13.3. The number of rotatable bonds is 42. The fourth-order valence-electron chi connectivity index (χ4n) is 7.74. The van der Waals surface area contributed by atoms with Crippen molar-refractivity contribution < 1.29 is 78.4 Å². The molecule has 5 rings (SSSR count). The van der Waals surface area contributed by atoms with E-state index >= 15 is 0 Å². The summed E-state index contributed by atoms with van der Waals surface area (Å²) in [5, 5.41) is 5.42. The number of alkyl halides is 3. The number of nitrogens with zero attached hydrogens (tertiary/aromatic N) is 2. The van der Waals surface area contributed by atoms with Crippen molar-refractivity contribution >= 4 is 49.8 Å². The van der Waals surface area contributed by atoms with E-state index in [-0.39, 0.29) is 51.1 Å². The molecule has 0 amide bonds. The van der Waals surface area contributed by atoms with Crippen LogP contribution in [-0.4, -0.2) is 194 Å². The number of aromatic nitrogens is 1. The first-order valence-corrected chi connectivity index (χ1v) is 27.9. The smallest absolute Gasteiger partial charge is 0.475 e. The van der Waals surface area contributed by atoms with Crippen LogP contribution in [-0.2, 0) is 62.1 Å². The molecule has 1 aromatic heterocycles. The van der Waals surface area contributed by atoms with Gasteiger partial charge in [-0.15, -0.1) is 0 Å². The summed E-state index contributed by atoms with van der Waals surface area (Å²) in [6.07, 6.45) is 1.31. The predicted molar refractivity (Wildman–Crippen MR) is 284 cm³/mol. The van der Waals surface area contributed by atoms with Gasteiger partial charge in [0, 0.05) is 58.8 Å². The molecule has 4 aromatic rings. The summed E-state index contributed by atoms with van der Waals surface area (Å²) in [6.45, 7) is 12.0. The van der Waals surface area contributed by atoms with Crippen molar-refractivity contribution in [1.82, 2.24) is 9.29 Å². The number of fused-ring (bicyclic) bond motifs is 1. The number of sulfonamides is 1. The lowest BCUT2D eigenvalue weighted by molar-refractivity contribution is -0.0494. The molecule has 1 aliphatic rings. The van der Waals surface area contributed by atoms with Crippen molar-refractivity contribution in [2.45, 2.75) is 43.7 Å². The van der Waals surface area contributed by atoms with Crippen LogP contribution in [0, 0.1) is 0 Å². The summed E-state index contributed by atoms with van der Waals surface area (Å²) in [7, 11) is -5.43. The number of pyridine rings is 1. The van der Waals surface area contributed by atoms with E-state index in [1.165, 1.54) is 0 Å². The third kappa shape index (κ3) is 23.9. The Balaban J connectivity index is 0.914. The van der Waals surface area contributed by atoms with Gasteiger partial charge in [0.05, 0.1) is 144 Å². The van der Waals surface area contributed by atoms with Gasteiger partial charge in [0.2, 0.25) is 5.88 Å². The van der Waals surface area contributed by atoms with Crippen molar-refractivity contribution in [3.05, 3.63) is 99.5 Å². The molecule has 0 unspecified atom stereocenters. The predicted octanol–water partition coefficient (Wildman–Crippen LogP) is 8.42. The molecule has 0 radical (unpaired) electrons. The summed E-state index contributed by atoms with van der Waals surface area (Å²) in [4.78, 5) is 4.78. The van der Waals surface area contributed by atoms with E-state index in [1.807, 2.05) is 66.7 Å². The Kier molecular flexibility index (Phi) is 30.5. The fourth-order valence-corrected chi connectivity index (χ4v) is 8.97. The second-order valence-electron chi connectivity index (χ2n) is 17.2. The zero-order valence-corrected chi connectivity index (χ0v) is 45.6. The van der Waals surface area contributed by atoms with E-state index in [2.05, 4.69) is 12.2 Å². The van der Waals surface area contributed by atoms with Crippen molar-refractivity contribution in [3.8, 4) is 5.88 Å². The Morgan fingerprint density at radius 1 is 0.539 bits per heavy atom. The van der Waals surface area contributed by atoms with E-state index in [4.69, 9.17) is 85.0 Å². The van der Waals surface area contributed by atoms with Crippen LogP contribution in [0.4, 0.5) is 18.9 Å². The minimum atomic E-state index is -5.43. The molecule has 17 nitrogen and oxygen atoms in total. The van der Waals surface area contributed by atoms with Gasteiger partial charge in [-0.25, -0.2) is 13.4 Å². The SMILES string of the molecule is CCCOCCOCCOCCOCCOCCOCCOCCOCCOCCOCCOCCOc1cc(NC2CCN(S(=O)(=O)C(F)(F)F)CC2)c2cc(C(c3ccc(Cl)cc3)c3ccc(Cl)cc3)ccc2n1. The van der Waals surface area contributed by atoms with Crippen molar-refractivity contribution in [3.63, 3.8) is 0 Å². The molecule has 0 aliphatic carbocycles. The Hall–Kier alpha value is -3.49. The molecular formula is C53H74Cl2F3N3O14S. The van der Waals surface area contributed by atoms with Gasteiger partial charge in [-0.2, -0.15) is 17.5 Å². The highest BCUT2D eigenvalue weighted by atomic mass is 35.5. The van der Waals surface area contributed by atoms with E-state index < -0.39 is 15.5 Å². The summed E-state index contributed by atoms with van der Waals surface area (Å²) in [6, 6.07) is 22.5. The Morgan fingerprint density at radius 3 is 1.26 bits per heavy atom. The minimum absolute atomic E-state index is 0.154. The lowest BCUT2D eigenvalue weighted by atomic mass is 9.84. The van der Waals surface area contributed by atoms with Crippen LogP contribution in [0.15, 0.2) is 72.8 Å². The Bertz CT molecular complexity index is 2240. The first kappa shape index (κ1) is 63.3. The minimum Gasteiger partial charge on any atom is -0.475 e. The van der Waals surface area contributed by atoms with Crippen LogP contribution < -0.4 is 10.1 Å². The van der Waals surface area contributed by atoms with Crippen LogP contribution >= 0.6 is 23.2 Å². The molecule has 2 heterocycles. The van der Waals surface area contributed by atoms with Crippen molar-refractivity contribution in [1.29, 1.82) is 0 Å². The van der Waals surface area contributed by atoms with Crippen LogP contribution in [0.1, 0.15) is 48.8 Å². The molecule has 3 aromatic carbocycles. The standard InChI is InChI=1S/C53H74Cl2F3N3O14S/c1-2-17-64-18-19-65-20-21-66-22-23-67-24-25-68-26-27-69-28-29-70-30-31-71-32-33-72-34-35-73-36-37-74-38-39-75-51-41-50(59-47-13-15-61(16-14-47)76(62,63)53(56,57)58)48-40-44(7-12-49(48)60-51)52(42-3-8-45(54)9-4-42)43-5-10-46(55)11-6-43/h3-12,40-41,47,52H,2,13-39H2,1H3,(H,59,60). The molecular weight excluding hydrogens is 1060 g/mol. The number of hydrogen-bond donors (Lipinski definition) is 1. The normalized spacial score (nSPS) is 13.8. The van der Waals surface area contributed by atoms with Crippen LogP contribution in [0.2, 0.25) is 10.0 Å². The molecule has 426 valence electrons. The third-order valence-corrected chi connectivity index (χ3v) is 13.7. The Labute approximate surface area is 455 Å². The quantitative estimate of drug-likeness (QED) is 0.0331. The fraction of sp³-hybridized carbons (Fsp3) is 0.604. The number of piperidine rings is 1. The van der Waals surface area contributed by atoms with Gasteiger partial charge in [-0.1, -0.05) is 60.5 Å². The molecule has 23 heteroatoms.